The number of hydrogen-bond acceptors (Lipinski definition) is 3. The van der Waals surface area contributed by atoms with Crippen molar-refractivity contribution in [3.05, 3.63) is 65.7 Å². The first-order chi connectivity index (χ1) is 12.8. The molecular weight excluding hydrogens is 745 g/mol. The monoisotopic (exact) mass is 765 g/mol. The van der Waals surface area contributed by atoms with E-state index in [0.29, 0.717) is 5.75 Å². The Balaban J connectivity index is 0.000000828. The average molecular weight is 765 g/mol. The molecule has 0 spiro atoms. The van der Waals surface area contributed by atoms with Gasteiger partial charge in [-0.15, -0.1) is 11.6 Å². The first kappa shape index (κ1) is 25.8. The summed E-state index contributed by atoms with van der Waals surface area (Å²) in [5.74, 6) is 0.235. The maximum absolute atomic E-state index is 11.3. The molecule has 0 saturated heterocycles. The second-order valence-electron chi connectivity index (χ2n) is 5.41. The third kappa shape index (κ3) is 10.9. The van der Waals surface area contributed by atoms with Crippen LogP contribution in [0.2, 0.25) is 0 Å². The van der Waals surface area contributed by atoms with E-state index >= 15 is 0 Å². The fourth-order valence-electron chi connectivity index (χ4n) is 2.21. The maximum atomic E-state index is 11.3. The first-order valence-electron chi connectivity index (χ1n) is 7.90. The van der Waals surface area contributed by atoms with Crippen LogP contribution >= 0.6 is 71.5 Å². The van der Waals surface area contributed by atoms with Crippen LogP contribution in [-0.2, 0) is 9.72 Å². The Morgan fingerprint density at radius 2 is 1.70 bits per heavy atom. The Morgan fingerprint density at radius 1 is 1.15 bits per heavy atom. The van der Waals surface area contributed by atoms with Crippen molar-refractivity contribution >= 4 is 77.4 Å². The molecule has 27 heavy (non-hydrogen) atoms. The number of benzene rings is 2. The van der Waals surface area contributed by atoms with Gasteiger partial charge in [0.25, 0.3) is 0 Å². The number of ether oxygens (including phenoxy) is 1. The summed E-state index contributed by atoms with van der Waals surface area (Å²) < 4.78 is 6.02. The molecule has 0 radical (unpaired) electrons. The van der Waals surface area contributed by atoms with Gasteiger partial charge in [-0.25, -0.2) is 0 Å². The predicted molar refractivity (Wildman–Crippen MR) is 133 cm³/mol. The van der Waals surface area contributed by atoms with Crippen LogP contribution < -0.4 is 10.1 Å². The van der Waals surface area contributed by atoms with Gasteiger partial charge in [0.15, 0.2) is 6.10 Å². The zero-order chi connectivity index (χ0) is 20.2. The van der Waals surface area contributed by atoms with E-state index < -0.39 is 12.2 Å². The summed E-state index contributed by atoms with van der Waals surface area (Å²) >= 11 is 12.8. The van der Waals surface area contributed by atoms with Crippen molar-refractivity contribution in [1.29, 1.82) is 0 Å². The number of alkyl halides is 1. The molecule has 2 aromatic rings. The molecule has 0 aliphatic rings. The van der Waals surface area contributed by atoms with Crippen LogP contribution in [0.15, 0.2) is 54.6 Å². The van der Waals surface area contributed by atoms with Crippen LogP contribution in [0.25, 0.3) is 0 Å². The summed E-state index contributed by atoms with van der Waals surface area (Å²) in [4.78, 5) is 11.0. The number of aryl methyl sites for hydroxylation is 1. The van der Waals surface area contributed by atoms with E-state index in [2.05, 4.69) is 65.3 Å². The molecule has 2 rings (SSSR count). The van der Waals surface area contributed by atoms with Gasteiger partial charge in [-0.05, 0) is 24.1 Å². The third-order valence-electron chi connectivity index (χ3n) is 3.45. The molecule has 2 atom stereocenters. The Bertz CT molecular complexity index is 692. The van der Waals surface area contributed by atoms with Gasteiger partial charge in [0.2, 0.25) is 5.91 Å². The quantitative estimate of drug-likeness (QED) is 0.290. The number of para-hydroxylation sites is 1. The number of hydrogen-bond donors (Lipinski definition) is 2. The van der Waals surface area contributed by atoms with Gasteiger partial charge in [-0.2, -0.15) is 0 Å². The summed E-state index contributed by atoms with van der Waals surface area (Å²) in [6, 6.07) is 17.0. The number of aliphatic hydroxyl groups is 1. The van der Waals surface area contributed by atoms with Crippen LogP contribution in [-0.4, -0.2) is 29.5 Å². The molecule has 148 valence electrons. The minimum atomic E-state index is -0.899. The molecule has 0 fully saturated rings. The molecular formula is C18H20ClI3NO3V. The zero-order valence-electron chi connectivity index (χ0n) is 14.5. The molecule has 1 amide bonds. The van der Waals surface area contributed by atoms with Gasteiger partial charge >= 0.3 is 64.9 Å². The van der Waals surface area contributed by atoms with Crippen LogP contribution in [0, 0.1) is 6.92 Å². The number of amides is 1. The Morgan fingerprint density at radius 3 is 2.26 bits per heavy atom. The molecule has 0 unspecified atom stereocenters. The normalized spacial score (nSPS) is 12.6. The third-order valence-corrected chi connectivity index (χ3v) is 3.70. The van der Waals surface area contributed by atoms with Gasteiger partial charge in [-0.1, -0.05) is 48.5 Å². The second-order valence-corrected chi connectivity index (χ2v) is 41.0. The van der Waals surface area contributed by atoms with Crippen LogP contribution in [0.1, 0.15) is 17.2 Å². The molecule has 2 N–H and O–H groups in total. The second kappa shape index (κ2) is 14.7. The molecule has 0 aliphatic carbocycles. The molecule has 0 heterocycles. The number of nitrogens with one attached hydrogen (secondary N) is 1. The van der Waals surface area contributed by atoms with Gasteiger partial charge < -0.3 is 15.2 Å². The van der Waals surface area contributed by atoms with Crippen LogP contribution in [0.4, 0.5) is 0 Å². The van der Waals surface area contributed by atoms with E-state index in [4.69, 9.17) is 16.3 Å². The summed E-state index contributed by atoms with van der Waals surface area (Å²) in [6.07, 6.45) is -1.49. The van der Waals surface area contributed by atoms with Gasteiger partial charge in [-0.3, -0.25) is 4.79 Å². The summed E-state index contributed by atoms with van der Waals surface area (Å²) in [5.41, 5.74) is 1.81. The number of carbonyl (C=O) groups is 1. The molecule has 9 heteroatoms. The van der Waals surface area contributed by atoms with Crippen molar-refractivity contribution < 1.29 is 19.6 Å². The van der Waals surface area contributed by atoms with E-state index in [1.807, 2.05) is 61.5 Å². The topological polar surface area (TPSA) is 58.6 Å². The molecule has 0 bridgehead atoms. The van der Waals surface area contributed by atoms with Crippen LogP contribution in [0.5, 0.6) is 5.75 Å². The molecule has 2 aromatic carbocycles. The van der Waals surface area contributed by atoms with Crippen molar-refractivity contribution in [2.45, 2.75) is 19.1 Å². The number of aliphatic hydroxyl groups excluding tert-OH is 1. The van der Waals surface area contributed by atoms with Crippen molar-refractivity contribution in [3.8, 4) is 5.75 Å². The van der Waals surface area contributed by atoms with E-state index in [0.717, 1.165) is 11.1 Å². The summed E-state index contributed by atoms with van der Waals surface area (Å²) in [6.45, 7) is 2.01. The number of carbonyl (C=O) groups excluding carboxylic acids is 1. The standard InChI is InChI=1S/C18H20ClNO3.3HI.V/c1-13-7-5-6-10-16(13)23-18(14-8-3-2-4-9-14)15(21)12-20-17(22)11-19;;;;/h2-10,15,18,21H,11-12H2,1H3,(H,20,22);3*1H;/q;;;;+3/p-3/t15-,18-;;;;/m0..../s1. The fraction of sp³-hybridized carbons (Fsp3) is 0.278. The van der Waals surface area contributed by atoms with Gasteiger partial charge in [0.05, 0.1) is 0 Å². The van der Waals surface area contributed by atoms with E-state index in [-0.39, 0.29) is 23.3 Å². The van der Waals surface area contributed by atoms with Crippen molar-refractivity contribution in [2.24, 2.45) is 0 Å². The van der Waals surface area contributed by atoms with E-state index in [1.54, 1.807) is 0 Å². The van der Waals surface area contributed by atoms with E-state index in [1.165, 1.54) is 0 Å². The van der Waals surface area contributed by atoms with Crippen molar-refractivity contribution in [2.75, 3.05) is 12.4 Å². The Hall–Kier alpha value is 0.734. The summed E-state index contributed by atoms with van der Waals surface area (Å²) in [7, 11) is 0. The van der Waals surface area contributed by atoms with Crippen molar-refractivity contribution in [3.63, 3.8) is 0 Å². The molecule has 0 aromatic heterocycles. The summed E-state index contributed by atoms with van der Waals surface area (Å²) in [5, 5.41) is 13.1. The number of halogens is 4. The predicted octanol–water partition coefficient (Wildman–Crippen LogP) is 5.49. The van der Waals surface area contributed by atoms with Gasteiger partial charge in [0, 0.05) is 6.54 Å². The minimum absolute atomic E-state index is 0.0665. The first-order valence-corrected chi connectivity index (χ1v) is 22.0. The molecule has 4 nitrogen and oxygen atoms in total. The Kier molecular flexibility index (Phi) is 14.0. The zero-order valence-corrected chi connectivity index (χ0v) is 23.1. The van der Waals surface area contributed by atoms with Gasteiger partial charge in [0.1, 0.15) is 17.7 Å². The van der Waals surface area contributed by atoms with Crippen LogP contribution in [0.3, 0.4) is 0 Å². The number of rotatable bonds is 7. The van der Waals surface area contributed by atoms with E-state index in [9.17, 15) is 9.90 Å². The SMILES string of the molecule is Cc1ccccc1O[C@@H](c1ccccc1)[C@@H](O)CNC(=O)CCl.[I][V]([I])[I]. The molecule has 0 saturated carbocycles. The average Bonchev–Trinajstić information content (AvgIpc) is 2.65. The Labute approximate surface area is 202 Å². The molecule has 0 aliphatic heterocycles. The fourth-order valence-corrected chi connectivity index (χ4v) is 2.30. The van der Waals surface area contributed by atoms with Crippen molar-refractivity contribution in [1.82, 2.24) is 5.32 Å².